The molecule has 0 radical (unpaired) electrons. The van der Waals surface area contributed by atoms with Crippen LogP contribution < -0.4 is 10.1 Å². The van der Waals surface area contributed by atoms with Crippen molar-refractivity contribution in [3.63, 3.8) is 0 Å². The summed E-state index contributed by atoms with van der Waals surface area (Å²) in [6, 6.07) is 7.12. The molecule has 0 atom stereocenters. The number of methoxy groups -OCH3 is 1. The number of fused-ring (bicyclic) bond motifs is 1. The van der Waals surface area contributed by atoms with Crippen LogP contribution in [0.5, 0.6) is 5.75 Å². The fraction of sp³-hybridized carbons (Fsp3) is 0.0714. The number of carbonyl (C=O) groups is 1. The van der Waals surface area contributed by atoms with Crippen molar-refractivity contribution in [1.29, 1.82) is 0 Å². The number of aromatic nitrogens is 1. The second-order valence-corrected chi connectivity index (χ2v) is 4.60. The Hall–Kier alpha value is -2.20. The molecule has 0 saturated heterocycles. The summed E-state index contributed by atoms with van der Waals surface area (Å²) >= 11 is 5.98. The van der Waals surface area contributed by atoms with E-state index in [1.807, 2.05) is 0 Å². The number of hydrogen-bond donors (Lipinski definition) is 2. The van der Waals surface area contributed by atoms with Gasteiger partial charge in [0.15, 0.2) is 0 Å². The molecule has 2 N–H and O–H groups in total. The first kappa shape index (κ1) is 11.9. The Bertz CT molecular complexity index is 689. The second-order valence-electron chi connectivity index (χ2n) is 4.16. The van der Waals surface area contributed by atoms with E-state index in [4.69, 9.17) is 16.3 Å². The molecule has 1 aliphatic rings. The number of benzene rings is 1. The molecule has 5 heteroatoms. The molecule has 96 valence electrons. The molecule has 0 spiro atoms. The third-order valence-corrected chi connectivity index (χ3v) is 3.25. The van der Waals surface area contributed by atoms with E-state index in [1.165, 1.54) is 0 Å². The zero-order valence-corrected chi connectivity index (χ0v) is 10.9. The van der Waals surface area contributed by atoms with Crippen LogP contribution in [-0.4, -0.2) is 18.0 Å². The van der Waals surface area contributed by atoms with Crippen LogP contribution in [0.15, 0.2) is 30.5 Å². The first-order valence-electron chi connectivity index (χ1n) is 5.73. The van der Waals surface area contributed by atoms with Crippen LogP contribution in [0.3, 0.4) is 0 Å². The van der Waals surface area contributed by atoms with E-state index in [9.17, 15) is 4.79 Å². The molecule has 1 aromatic carbocycles. The lowest BCUT2D eigenvalue weighted by atomic mass is 10.1. The van der Waals surface area contributed by atoms with E-state index in [1.54, 1.807) is 43.6 Å². The minimum Gasteiger partial charge on any atom is -0.495 e. The summed E-state index contributed by atoms with van der Waals surface area (Å²) in [5.41, 5.74) is 2.89. The Morgan fingerprint density at radius 3 is 2.95 bits per heavy atom. The lowest BCUT2D eigenvalue weighted by molar-refractivity contribution is -0.110. The highest BCUT2D eigenvalue weighted by Crippen LogP contribution is 2.35. The molecule has 4 nitrogen and oxygen atoms in total. The Morgan fingerprint density at radius 1 is 1.32 bits per heavy atom. The summed E-state index contributed by atoms with van der Waals surface area (Å²) in [6.07, 6.45) is 3.52. The number of amides is 1. The van der Waals surface area contributed by atoms with Gasteiger partial charge in [0.1, 0.15) is 5.75 Å². The van der Waals surface area contributed by atoms with Crippen molar-refractivity contribution in [1.82, 2.24) is 4.98 Å². The molecule has 3 rings (SSSR count). The maximum absolute atomic E-state index is 12.0. The molecule has 2 aromatic rings. The summed E-state index contributed by atoms with van der Waals surface area (Å²) in [4.78, 5) is 15.0. The van der Waals surface area contributed by atoms with Crippen LogP contribution in [0.4, 0.5) is 5.69 Å². The highest BCUT2D eigenvalue weighted by Gasteiger charge is 2.24. The zero-order valence-electron chi connectivity index (χ0n) is 10.2. The number of ether oxygens (including phenoxy) is 1. The Labute approximate surface area is 115 Å². The molecule has 0 aliphatic carbocycles. The summed E-state index contributed by atoms with van der Waals surface area (Å²) < 4.78 is 5.21. The van der Waals surface area contributed by atoms with Gasteiger partial charge in [0.25, 0.3) is 5.91 Å². The number of anilines is 1. The number of H-pyrrole nitrogens is 1. The highest BCUT2D eigenvalue weighted by atomic mass is 35.5. The summed E-state index contributed by atoms with van der Waals surface area (Å²) in [6.45, 7) is 0. The maximum atomic E-state index is 12.0. The van der Waals surface area contributed by atoms with Crippen molar-refractivity contribution in [2.45, 2.75) is 0 Å². The van der Waals surface area contributed by atoms with Crippen LogP contribution in [0.1, 0.15) is 11.3 Å². The summed E-state index contributed by atoms with van der Waals surface area (Å²) in [5, 5.41) is 3.40. The molecule has 1 amide bonds. The Morgan fingerprint density at radius 2 is 2.16 bits per heavy atom. The van der Waals surface area contributed by atoms with Gasteiger partial charge in [0.05, 0.1) is 18.4 Å². The summed E-state index contributed by atoms with van der Waals surface area (Å²) in [7, 11) is 1.59. The number of hydrogen-bond acceptors (Lipinski definition) is 2. The Kier molecular flexibility index (Phi) is 2.80. The van der Waals surface area contributed by atoms with Gasteiger partial charge in [0, 0.05) is 22.5 Å². The van der Waals surface area contributed by atoms with Crippen molar-refractivity contribution in [3.8, 4) is 5.75 Å². The number of carbonyl (C=O) groups excluding carboxylic acids is 1. The predicted molar refractivity (Wildman–Crippen MR) is 75.3 cm³/mol. The topological polar surface area (TPSA) is 54.1 Å². The molecule has 0 unspecified atom stereocenters. The standard InChI is InChI=1S/C14H11ClN2O2/c1-19-13-4-5-16-12(13)7-10-9-6-8(15)2-3-11(9)17-14(10)18/h2-7,16H,1H3,(H,17,18). The molecule has 0 bridgehead atoms. The first-order valence-corrected chi connectivity index (χ1v) is 6.11. The van der Waals surface area contributed by atoms with E-state index in [0.29, 0.717) is 16.3 Å². The molecule has 1 aliphatic heterocycles. The van der Waals surface area contributed by atoms with E-state index in [-0.39, 0.29) is 5.91 Å². The highest BCUT2D eigenvalue weighted by molar-refractivity contribution is 6.36. The van der Waals surface area contributed by atoms with Crippen molar-refractivity contribution >= 4 is 34.8 Å². The Balaban J connectivity index is 2.11. The molecular formula is C14H11ClN2O2. The van der Waals surface area contributed by atoms with Gasteiger partial charge in [0.2, 0.25) is 0 Å². The van der Waals surface area contributed by atoms with E-state index in [0.717, 1.165) is 16.9 Å². The van der Waals surface area contributed by atoms with Crippen LogP contribution in [-0.2, 0) is 4.79 Å². The minimum atomic E-state index is -0.145. The van der Waals surface area contributed by atoms with E-state index in [2.05, 4.69) is 10.3 Å². The van der Waals surface area contributed by atoms with Crippen molar-refractivity contribution < 1.29 is 9.53 Å². The van der Waals surface area contributed by atoms with Gasteiger partial charge < -0.3 is 15.0 Å². The van der Waals surface area contributed by atoms with Crippen LogP contribution in [0, 0.1) is 0 Å². The molecule has 0 fully saturated rings. The SMILES string of the molecule is COc1cc[nH]c1C=C1C(=O)Nc2ccc(Cl)cc21. The predicted octanol–water partition coefficient (Wildman–Crippen LogP) is 3.17. The maximum Gasteiger partial charge on any atom is 0.256 e. The van der Waals surface area contributed by atoms with E-state index < -0.39 is 0 Å². The molecule has 2 heterocycles. The fourth-order valence-corrected chi connectivity index (χ4v) is 2.28. The van der Waals surface area contributed by atoms with Crippen LogP contribution in [0.25, 0.3) is 11.6 Å². The third-order valence-electron chi connectivity index (χ3n) is 3.01. The molecular weight excluding hydrogens is 264 g/mol. The smallest absolute Gasteiger partial charge is 0.256 e. The van der Waals surface area contributed by atoms with Gasteiger partial charge in [-0.1, -0.05) is 11.6 Å². The van der Waals surface area contributed by atoms with Crippen molar-refractivity contribution in [3.05, 3.63) is 46.7 Å². The number of rotatable bonds is 2. The van der Waals surface area contributed by atoms with Gasteiger partial charge in [-0.3, -0.25) is 4.79 Å². The molecule has 1 aromatic heterocycles. The van der Waals surface area contributed by atoms with Gasteiger partial charge in [-0.05, 0) is 30.3 Å². The number of halogens is 1. The minimum absolute atomic E-state index is 0.145. The van der Waals surface area contributed by atoms with Gasteiger partial charge >= 0.3 is 0 Å². The normalized spacial score (nSPS) is 15.5. The average molecular weight is 275 g/mol. The second kappa shape index (κ2) is 4.48. The quantitative estimate of drug-likeness (QED) is 0.827. The lowest BCUT2D eigenvalue weighted by Gasteiger charge is -2.00. The lowest BCUT2D eigenvalue weighted by Crippen LogP contribution is -2.03. The fourth-order valence-electron chi connectivity index (χ4n) is 2.11. The van der Waals surface area contributed by atoms with Crippen molar-refractivity contribution in [2.24, 2.45) is 0 Å². The third kappa shape index (κ3) is 2.00. The summed E-state index contributed by atoms with van der Waals surface area (Å²) in [5.74, 6) is 0.546. The number of nitrogens with one attached hydrogen (secondary N) is 2. The van der Waals surface area contributed by atoms with Crippen LogP contribution in [0.2, 0.25) is 5.02 Å². The zero-order chi connectivity index (χ0) is 13.4. The van der Waals surface area contributed by atoms with E-state index >= 15 is 0 Å². The number of aromatic amines is 1. The van der Waals surface area contributed by atoms with Crippen LogP contribution >= 0.6 is 11.6 Å². The average Bonchev–Trinajstić information content (AvgIpc) is 2.96. The van der Waals surface area contributed by atoms with Gasteiger partial charge in [-0.2, -0.15) is 0 Å². The molecule has 0 saturated carbocycles. The largest absolute Gasteiger partial charge is 0.495 e. The van der Waals surface area contributed by atoms with Crippen molar-refractivity contribution in [2.75, 3.05) is 12.4 Å². The first-order chi connectivity index (χ1) is 9.19. The monoisotopic (exact) mass is 274 g/mol. The van der Waals surface area contributed by atoms with Gasteiger partial charge in [-0.25, -0.2) is 0 Å². The molecule has 19 heavy (non-hydrogen) atoms. The van der Waals surface area contributed by atoms with Gasteiger partial charge in [-0.15, -0.1) is 0 Å².